The van der Waals surface area contributed by atoms with Crippen molar-refractivity contribution in [3.8, 4) is 0 Å². The molecule has 1 aromatic rings. The minimum Gasteiger partial charge on any atom is -0.316 e. The Morgan fingerprint density at radius 3 is 2.71 bits per heavy atom. The Hall–Kier alpha value is -0.550. The zero-order valence-corrected chi connectivity index (χ0v) is 10.0. The lowest BCUT2D eigenvalue weighted by Crippen LogP contribution is -2.33. The van der Waals surface area contributed by atoms with Crippen molar-refractivity contribution in [2.24, 2.45) is 13.0 Å². The third-order valence-electron chi connectivity index (χ3n) is 2.24. The van der Waals surface area contributed by atoms with E-state index in [1.54, 1.807) is 22.8 Å². The van der Waals surface area contributed by atoms with E-state index >= 15 is 0 Å². The number of aryl methyl sites for hydroxylation is 1. The van der Waals surface area contributed by atoms with Gasteiger partial charge in [0.25, 0.3) is 0 Å². The first-order chi connectivity index (χ1) is 6.65. The first-order valence-electron chi connectivity index (χ1n) is 4.79. The van der Waals surface area contributed by atoms with Gasteiger partial charge in [-0.05, 0) is 13.0 Å². The molecule has 0 aliphatic carbocycles. The van der Waals surface area contributed by atoms with Gasteiger partial charge in [0.2, 0.25) is 0 Å². The van der Waals surface area contributed by atoms with Crippen molar-refractivity contribution in [1.82, 2.24) is 20.1 Å². The van der Waals surface area contributed by atoms with Gasteiger partial charge in [-0.3, -0.25) is 0 Å². The zero-order valence-electron chi connectivity index (χ0n) is 9.19. The highest BCUT2D eigenvalue weighted by Crippen LogP contribution is 2.17. The summed E-state index contributed by atoms with van der Waals surface area (Å²) in [6.07, 6.45) is 1.59. The molecule has 0 aliphatic heterocycles. The van der Waals surface area contributed by atoms with Crippen LogP contribution in [0.25, 0.3) is 0 Å². The van der Waals surface area contributed by atoms with Gasteiger partial charge >= 0.3 is 0 Å². The van der Waals surface area contributed by atoms with E-state index in [1.165, 1.54) is 0 Å². The minimum absolute atomic E-state index is 0.525. The maximum Gasteiger partial charge on any atom is 0.185 e. The molecular weight excluding hydrogens is 196 g/mol. The number of hydrogen-bond donors (Lipinski definition) is 1. The van der Waals surface area contributed by atoms with Crippen LogP contribution in [0, 0.1) is 5.92 Å². The Balaban J connectivity index is 2.43. The van der Waals surface area contributed by atoms with Gasteiger partial charge < -0.3 is 5.32 Å². The van der Waals surface area contributed by atoms with Crippen LogP contribution >= 0.6 is 11.8 Å². The summed E-state index contributed by atoms with van der Waals surface area (Å²) in [7, 11) is 3.92. The van der Waals surface area contributed by atoms with Crippen molar-refractivity contribution >= 4 is 11.8 Å². The van der Waals surface area contributed by atoms with Crippen molar-refractivity contribution in [3.63, 3.8) is 0 Å². The van der Waals surface area contributed by atoms with Crippen LogP contribution in [0.2, 0.25) is 0 Å². The molecule has 0 fully saturated rings. The molecule has 1 rings (SSSR count). The zero-order chi connectivity index (χ0) is 10.6. The summed E-state index contributed by atoms with van der Waals surface area (Å²) < 4.78 is 1.80. The highest BCUT2D eigenvalue weighted by Gasteiger charge is 2.12. The Labute approximate surface area is 89.5 Å². The predicted molar refractivity (Wildman–Crippen MR) is 59.4 cm³/mol. The third kappa shape index (κ3) is 2.99. The van der Waals surface area contributed by atoms with Crippen LogP contribution in [-0.4, -0.2) is 33.6 Å². The molecule has 1 atom stereocenters. The maximum absolute atomic E-state index is 4.17. The Morgan fingerprint density at radius 1 is 1.57 bits per heavy atom. The largest absolute Gasteiger partial charge is 0.316 e. The van der Waals surface area contributed by atoms with Gasteiger partial charge in [-0.2, -0.15) is 5.10 Å². The highest BCUT2D eigenvalue weighted by atomic mass is 32.2. The van der Waals surface area contributed by atoms with Gasteiger partial charge in [0.1, 0.15) is 6.33 Å². The summed E-state index contributed by atoms with van der Waals surface area (Å²) in [4.78, 5) is 4.17. The normalized spacial score (nSPS) is 13.5. The maximum atomic E-state index is 4.17. The summed E-state index contributed by atoms with van der Waals surface area (Å²) in [5, 5.41) is 8.31. The van der Waals surface area contributed by atoms with E-state index < -0.39 is 0 Å². The monoisotopic (exact) mass is 214 g/mol. The lowest BCUT2D eigenvalue weighted by molar-refractivity contribution is 0.465. The number of rotatable bonds is 5. The summed E-state index contributed by atoms with van der Waals surface area (Å²) in [6.45, 7) is 4.44. The summed E-state index contributed by atoms with van der Waals surface area (Å²) >= 11 is 1.74. The molecule has 1 heterocycles. The van der Waals surface area contributed by atoms with E-state index in [9.17, 15) is 0 Å². The standard InChI is InChI=1S/C9H18N4S/c1-7(2)8(10-3)5-14-9-11-6-12-13(9)4/h6-8,10H,5H2,1-4H3. The van der Waals surface area contributed by atoms with Gasteiger partial charge in [0, 0.05) is 18.8 Å². The third-order valence-corrected chi connectivity index (χ3v) is 3.39. The van der Waals surface area contributed by atoms with E-state index in [1.807, 2.05) is 14.1 Å². The molecule has 0 aliphatic rings. The fraction of sp³-hybridized carbons (Fsp3) is 0.778. The molecule has 0 bridgehead atoms. The molecular formula is C9H18N4S. The van der Waals surface area contributed by atoms with E-state index in [0.29, 0.717) is 12.0 Å². The van der Waals surface area contributed by atoms with E-state index in [2.05, 4.69) is 29.2 Å². The second kappa shape index (κ2) is 5.36. The summed E-state index contributed by atoms with van der Waals surface area (Å²) in [5.74, 6) is 1.67. The molecule has 0 aromatic carbocycles. The molecule has 1 N–H and O–H groups in total. The number of aromatic nitrogens is 3. The number of thioether (sulfide) groups is 1. The van der Waals surface area contributed by atoms with Crippen LogP contribution in [0.3, 0.4) is 0 Å². The molecule has 0 saturated carbocycles. The molecule has 14 heavy (non-hydrogen) atoms. The quantitative estimate of drug-likeness (QED) is 0.747. The smallest absolute Gasteiger partial charge is 0.185 e. The highest BCUT2D eigenvalue weighted by molar-refractivity contribution is 7.99. The van der Waals surface area contributed by atoms with Crippen molar-refractivity contribution in [3.05, 3.63) is 6.33 Å². The molecule has 1 unspecified atom stereocenters. The second-order valence-corrected chi connectivity index (χ2v) is 4.60. The van der Waals surface area contributed by atoms with Crippen molar-refractivity contribution in [1.29, 1.82) is 0 Å². The van der Waals surface area contributed by atoms with Crippen molar-refractivity contribution in [2.45, 2.75) is 25.0 Å². The lowest BCUT2D eigenvalue weighted by atomic mass is 10.1. The van der Waals surface area contributed by atoms with E-state index in [-0.39, 0.29) is 0 Å². The predicted octanol–water partition coefficient (Wildman–Crippen LogP) is 1.15. The topological polar surface area (TPSA) is 42.7 Å². The van der Waals surface area contributed by atoms with Crippen molar-refractivity contribution < 1.29 is 0 Å². The summed E-state index contributed by atoms with van der Waals surface area (Å²) in [5.41, 5.74) is 0. The number of nitrogens with one attached hydrogen (secondary N) is 1. The van der Waals surface area contributed by atoms with Gasteiger partial charge in [0.05, 0.1) is 0 Å². The van der Waals surface area contributed by atoms with Crippen LogP contribution in [-0.2, 0) is 7.05 Å². The summed E-state index contributed by atoms with van der Waals surface area (Å²) in [6, 6.07) is 0.525. The second-order valence-electron chi connectivity index (χ2n) is 3.62. The SMILES string of the molecule is CNC(CSc1ncnn1C)C(C)C. The van der Waals surface area contributed by atoms with Crippen LogP contribution < -0.4 is 5.32 Å². The molecule has 0 saturated heterocycles. The Bertz CT molecular complexity index is 272. The number of hydrogen-bond acceptors (Lipinski definition) is 4. The van der Waals surface area contributed by atoms with Gasteiger partial charge in [-0.25, -0.2) is 9.67 Å². The van der Waals surface area contributed by atoms with E-state index in [4.69, 9.17) is 0 Å². The van der Waals surface area contributed by atoms with Gasteiger partial charge in [-0.1, -0.05) is 25.6 Å². The van der Waals surface area contributed by atoms with Crippen molar-refractivity contribution in [2.75, 3.05) is 12.8 Å². The molecule has 4 nitrogen and oxygen atoms in total. The molecule has 0 radical (unpaired) electrons. The Morgan fingerprint density at radius 2 is 2.29 bits per heavy atom. The fourth-order valence-corrected chi connectivity index (χ4v) is 2.43. The first kappa shape index (κ1) is 11.5. The van der Waals surface area contributed by atoms with Crippen LogP contribution in [0.15, 0.2) is 11.5 Å². The molecule has 1 aromatic heterocycles. The average Bonchev–Trinajstić information content (AvgIpc) is 2.52. The van der Waals surface area contributed by atoms with Crippen LogP contribution in [0.5, 0.6) is 0 Å². The lowest BCUT2D eigenvalue weighted by Gasteiger charge is -2.18. The van der Waals surface area contributed by atoms with Gasteiger partial charge in [-0.15, -0.1) is 0 Å². The van der Waals surface area contributed by atoms with Crippen LogP contribution in [0.1, 0.15) is 13.8 Å². The molecule has 5 heteroatoms. The molecule has 0 spiro atoms. The molecule has 80 valence electrons. The van der Waals surface area contributed by atoms with Crippen LogP contribution in [0.4, 0.5) is 0 Å². The van der Waals surface area contributed by atoms with Gasteiger partial charge in [0.15, 0.2) is 5.16 Å². The average molecular weight is 214 g/mol. The fourth-order valence-electron chi connectivity index (χ4n) is 1.19. The minimum atomic E-state index is 0.525. The Kier molecular flexibility index (Phi) is 4.41. The number of nitrogens with zero attached hydrogens (tertiary/aromatic N) is 3. The first-order valence-corrected chi connectivity index (χ1v) is 5.77. The van der Waals surface area contributed by atoms with E-state index in [0.717, 1.165) is 10.9 Å². The molecule has 0 amide bonds.